The molecule has 0 aliphatic carbocycles. The minimum atomic E-state index is -5.08. The molecule has 8 nitrogen and oxygen atoms in total. The predicted molar refractivity (Wildman–Crippen MR) is 116 cm³/mol. The van der Waals surface area contributed by atoms with Gasteiger partial charge < -0.3 is 10.0 Å². The standard InChI is InChI=1S/C19H20N4O2S.C2HF3O2/c1-21-18(24)16-7-3-2-6-15(16)17(20-21)19(25)23-10-8-22(9-11-23)13-14-5-4-12-26-14;3-2(4,5)1(6)7/h2-7,12H,8-11,13H2,1H3;(H,6,7). The number of aliphatic carboxylic acids is 1. The van der Waals surface area contributed by atoms with Crippen molar-refractivity contribution in [2.75, 3.05) is 26.2 Å². The van der Waals surface area contributed by atoms with Crippen molar-refractivity contribution in [3.63, 3.8) is 0 Å². The molecule has 2 aromatic heterocycles. The van der Waals surface area contributed by atoms with E-state index in [9.17, 15) is 22.8 Å². The first-order valence-corrected chi connectivity index (χ1v) is 10.8. The molecule has 1 N–H and O–H groups in total. The lowest BCUT2D eigenvalue weighted by molar-refractivity contribution is -0.192. The second-order valence-electron chi connectivity index (χ2n) is 7.27. The maximum Gasteiger partial charge on any atom is 0.490 e. The number of carboxylic acids is 1. The number of hydrogen-bond donors (Lipinski definition) is 1. The largest absolute Gasteiger partial charge is 0.490 e. The van der Waals surface area contributed by atoms with Crippen molar-refractivity contribution >= 4 is 34.0 Å². The Morgan fingerprint density at radius 1 is 1.06 bits per heavy atom. The monoisotopic (exact) mass is 482 g/mol. The quantitative estimate of drug-likeness (QED) is 0.617. The molecule has 1 aliphatic rings. The van der Waals surface area contributed by atoms with Crippen LogP contribution in [0, 0.1) is 0 Å². The van der Waals surface area contributed by atoms with Crippen molar-refractivity contribution < 1.29 is 27.9 Å². The number of halogens is 3. The van der Waals surface area contributed by atoms with E-state index in [1.165, 1.54) is 9.56 Å². The number of hydrogen-bond acceptors (Lipinski definition) is 6. The number of carbonyl (C=O) groups excluding carboxylic acids is 1. The molecule has 33 heavy (non-hydrogen) atoms. The highest BCUT2D eigenvalue weighted by Crippen LogP contribution is 2.18. The van der Waals surface area contributed by atoms with E-state index in [1.807, 2.05) is 11.0 Å². The molecule has 3 heterocycles. The van der Waals surface area contributed by atoms with E-state index >= 15 is 0 Å². The van der Waals surface area contributed by atoms with E-state index in [4.69, 9.17) is 9.90 Å². The van der Waals surface area contributed by atoms with Crippen LogP contribution in [0.3, 0.4) is 0 Å². The number of fused-ring (bicyclic) bond motifs is 1. The third kappa shape index (κ3) is 5.96. The van der Waals surface area contributed by atoms with Gasteiger partial charge >= 0.3 is 12.1 Å². The molecule has 1 amide bonds. The minimum absolute atomic E-state index is 0.104. The van der Waals surface area contributed by atoms with Crippen LogP contribution in [0.5, 0.6) is 0 Å². The predicted octanol–water partition coefficient (Wildman–Crippen LogP) is 2.59. The molecule has 0 atom stereocenters. The number of piperazine rings is 1. The molecule has 1 fully saturated rings. The first-order valence-electron chi connectivity index (χ1n) is 9.88. The molecule has 12 heteroatoms. The van der Waals surface area contributed by atoms with Gasteiger partial charge in [-0.3, -0.25) is 14.5 Å². The number of carboxylic acid groups (broad SMARTS) is 1. The molecule has 0 radical (unpaired) electrons. The van der Waals surface area contributed by atoms with E-state index in [0.717, 1.165) is 19.6 Å². The van der Waals surface area contributed by atoms with Gasteiger partial charge in [-0.25, -0.2) is 9.48 Å². The highest BCUT2D eigenvalue weighted by molar-refractivity contribution is 7.09. The second kappa shape index (κ2) is 10.1. The van der Waals surface area contributed by atoms with Gasteiger partial charge in [0.1, 0.15) is 0 Å². The summed E-state index contributed by atoms with van der Waals surface area (Å²) in [6, 6.07) is 11.4. The fraction of sp³-hybridized carbons (Fsp3) is 0.333. The van der Waals surface area contributed by atoms with Crippen LogP contribution in [0.25, 0.3) is 10.8 Å². The van der Waals surface area contributed by atoms with Gasteiger partial charge in [0, 0.05) is 50.0 Å². The van der Waals surface area contributed by atoms with Gasteiger partial charge in [-0.1, -0.05) is 24.3 Å². The summed E-state index contributed by atoms with van der Waals surface area (Å²) >= 11 is 1.76. The zero-order valence-corrected chi connectivity index (χ0v) is 18.4. The van der Waals surface area contributed by atoms with Crippen LogP contribution in [-0.2, 0) is 18.4 Å². The average Bonchev–Trinajstić information content (AvgIpc) is 3.29. The Kier molecular flexibility index (Phi) is 7.49. The number of amides is 1. The number of carbonyl (C=O) groups is 2. The van der Waals surface area contributed by atoms with Crippen molar-refractivity contribution in [3.8, 4) is 0 Å². The van der Waals surface area contributed by atoms with Crippen molar-refractivity contribution in [1.82, 2.24) is 19.6 Å². The molecule has 0 saturated carbocycles. The van der Waals surface area contributed by atoms with E-state index in [-0.39, 0.29) is 11.5 Å². The van der Waals surface area contributed by atoms with Gasteiger partial charge in [0.25, 0.3) is 11.5 Å². The molecule has 3 aromatic rings. The number of aromatic nitrogens is 2. The van der Waals surface area contributed by atoms with Crippen LogP contribution in [0.4, 0.5) is 13.2 Å². The molecular formula is C21H21F3N4O4S. The molecule has 0 bridgehead atoms. The Hall–Kier alpha value is -3.25. The summed E-state index contributed by atoms with van der Waals surface area (Å²) in [4.78, 5) is 39.7. The summed E-state index contributed by atoms with van der Waals surface area (Å²) in [5.41, 5.74) is 0.173. The second-order valence-corrected chi connectivity index (χ2v) is 8.31. The van der Waals surface area contributed by atoms with Gasteiger partial charge in [-0.05, 0) is 17.5 Å². The van der Waals surface area contributed by atoms with Crippen LogP contribution in [-0.4, -0.2) is 68.9 Å². The first-order chi connectivity index (χ1) is 15.6. The van der Waals surface area contributed by atoms with Crippen LogP contribution in [0.2, 0.25) is 0 Å². The minimum Gasteiger partial charge on any atom is -0.475 e. The molecule has 0 unspecified atom stereocenters. The number of rotatable bonds is 3. The van der Waals surface area contributed by atoms with E-state index in [1.54, 1.807) is 36.6 Å². The summed E-state index contributed by atoms with van der Waals surface area (Å²) < 4.78 is 33.0. The van der Waals surface area contributed by atoms with Gasteiger partial charge in [0.05, 0.1) is 5.39 Å². The zero-order valence-electron chi connectivity index (χ0n) is 17.6. The molecule has 0 spiro atoms. The van der Waals surface area contributed by atoms with Gasteiger partial charge in [-0.2, -0.15) is 18.3 Å². The lowest BCUT2D eigenvalue weighted by Crippen LogP contribution is -2.48. The van der Waals surface area contributed by atoms with Gasteiger partial charge in [-0.15, -0.1) is 11.3 Å². The highest BCUT2D eigenvalue weighted by atomic mass is 32.1. The lowest BCUT2D eigenvalue weighted by Gasteiger charge is -2.34. The number of alkyl halides is 3. The van der Waals surface area contributed by atoms with Crippen LogP contribution in [0.1, 0.15) is 15.4 Å². The number of nitrogens with zero attached hydrogens (tertiary/aromatic N) is 4. The normalized spacial score (nSPS) is 14.6. The number of aryl methyl sites for hydroxylation is 1. The lowest BCUT2D eigenvalue weighted by atomic mass is 10.1. The third-order valence-electron chi connectivity index (χ3n) is 5.02. The Balaban J connectivity index is 0.000000383. The summed E-state index contributed by atoms with van der Waals surface area (Å²) in [7, 11) is 1.59. The molecule has 176 valence electrons. The summed E-state index contributed by atoms with van der Waals surface area (Å²) in [5, 5.41) is 14.6. The topological polar surface area (TPSA) is 95.7 Å². The van der Waals surface area contributed by atoms with Crippen molar-refractivity contribution in [3.05, 3.63) is 62.7 Å². The smallest absolute Gasteiger partial charge is 0.475 e. The zero-order chi connectivity index (χ0) is 24.2. The van der Waals surface area contributed by atoms with Crippen molar-refractivity contribution in [2.24, 2.45) is 7.05 Å². The molecule has 1 saturated heterocycles. The molecular weight excluding hydrogens is 461 g/mol. The molecule has 1 aromatic carbocycles. The maximum atomic E-state index is 13.0. The van der Waals surface area contributed by atoms with Crippen LogP contribution >= 0.6 is 11.3 Å². The van der Waals surface area contributed by atoms with Crippen LogP contribution < -0.4 is 5.56 Å². The summed E-state index contributed by atoms with van der Waals surface area (Å²) in [6.07, 6.45) is -5.08. The van der Waals surface area contributed by atoms with E-state index in [2.05, 4.69) is 27.5 Å². The first kappa shape index (κ1) is 24.4. The van der Waals surface area contributed by atoms with Gasteiger partial charge in [0.15, 0.2) is 5.69 Å². The fourth-order valence-corrected chi connectivity index (χ4v) is 4.09. The Bertz CT molecular complexity index is 1190. The number of thiophene rings is 1. The summed E-state index contributed by atoms with van der Waals surface area (Å²) in [5.74, 6) is -2.86. The van der Waals surface area contributed by atoms with Crippen LogP contribution in [0.15, 0.2) is 46.6 Å². The van der Waals surface area contributed by atoms with E-state index in [0.29, 0.717) is 29.6 Å². The molecule has 1 aliphatic heterocycles. The van der Waals surface area contributed by atoms with Crippen molar-refractivity contribution in [1.29, 1.82) is 0 Å². The Morgan fingerprint density at radius 2 is 1.67 bits per heavy atom. The Morgan fingerprint density at radius 3 is 2.21 bits per heavy atom. The van der Waals surface area contributed by atoms with Gasteiger partial charge in [0.2, 0.25) is 0 Å². The SMILES string of the molecule is Cn1nc(C(=O)N2CCN(Cc3cccs3)CC2)c2ccccc2c1=O.O=C(O)C(F)(F)F. The fourth-order valence-electron chi connectivity index (χ4n) is 3.34. The highest BCUT2D eigenvalue weighted by Gasteiger charge is 2.38. The third-order valence-corrected chi connectivity index (χ3v) is 5.88. The number of benzene rings is 1. The summed E-state index contributed by atoms with van der Waals surface area (Å²) in [6.45, 7) is 3.95. The molecule has 4 rings (SSSR count). The van der Waals surface area contributed by atoms with E-state index < -0.39 is 12.1 Å². The average molecular weight is 482 g/mol. The Labute approximate surface area is 190 Å². The maximum absolute atomic E-state index is 13.0. The van der Waals surface area contributed by atoms with Crippen molar-refractivity contribution in [2.45, 2.75) is 12.7 Å².